The fraction of sp³-hybridized carbons (Fsp3) is 0.227. The highest BCUT2D eigenvalue weighted by molar-refractivity contribution is 9.10. The molecule has 1 N–H and O–H groups in total. The second-order valence-electron chi connectivity index (χ2n) is 7.33. The Morgan fingerprint density at radius 1 is 1.23 bits per heavy atom. The predicted molar refractivity (Wildman–Crippen MR) is 118 cm³/mol. The van der Waals surface area contributed by atoms with Gasteiger partial charge in [0.25, 0.3) is 0 Å². The Bertz CT molecular complexity index is 1230. The summed E-state index contributed by atoms with van der Waals surface area (Å²) in [6, 6.07) is 13.4. The highest BCUT2D eigenvalue weighted by Crippen LogP contribution is 2.32. The molecule has 4 aromatic rings. The fourth-order valence-electron chi connectivity index (χ4n) is 3.86. The van der Waals surface area contributed by atoms with Crippen molar-refractivity contribution in [1.29, 1.82) is 0 Å². The molecule has 0 radical (unpaired) electrons. The molecule has 152 valence electrons. The zero-order valence-corrected chi connectivity index (χ0v) is 18.3. The second kappa shape index (κ2) is 7.89. The summed E-state index contributed by atoms with van der Waals surface area (Å²) in [6.07, 6.45) is 1.58. The van der Waals surface area contributed by atoms with Crippen LogP contribution in [0, 0.1) is 0 Å². The largest absolute Gasteiger partial charge is 0.357 e. The molecular weight excluding hydrogens is 468 g/mol. The first-order chi connectivity index (χ1) is 14.6. The molecule has 2 aromatic carbocycles. The number of hydrogen-bond donors (Lipinski definition) is 1. The van der Waals surface area contributed by atoms with Crippen LogP contribution in [0.4, 0.5) is 0 Å². The van der Waals surface area contributed by atoms with Crippen LogP contribution in [0.15, 0.2) is 51.5 Å². The Balaban J connectivity index is 1.25. The molecule has 1 aliphatic rings. The zero-order valence-electron chi connectivity index (χ0n) is 16.0. The third kappa shape index (κ3) is 3.63. The number of carbonyl (C=O) groups excluding carboxylic acids is 1. The van der Waals surface area contributed by atoms with E-state index in [-0.39, 0.29) is 5.91 Å². The summed E-state index contributed by atoms with van der Waals surface area (Å²) in [5.74, 6) is 1.05. The fourth-order valence-corrected chi connectivity index (χ4v) is 4.45. The third-order valence-electron chi connectivity index (χ3n) is 5.44. The van der Waals surface area contributed by atoms with E-state index < -0.39 is 0 Å². The topological polar surface area (TPSA) is 75.0 Å². The highest BCUT2D eigenvalue weighted by Gasteiger charge is 2.24. The van der Waals surface area contributed by atoms with Crippen molar-refractivity contribution >= 4 is 44.3 Å². The number of benzene rings is 2. The van der Waals surface area contributed by atoms with Gasteiger partial charge in [0.05, 0.1) is 5.52 Å². The minimum atomic E-state index is 0.0937. The molecule has 6 nitrogen and oxygen atoms in total. The van der Waals surface area contributed by atoms with E-state index in [1.807, 2.05) is 29.2 Å². The number of rotatable bonds is 4. The van der Waals surface area contributed by atoms with Crippen molar-refractivity contribution in [1.82, 2.24) is 20.0 Å². The number of halogens is 2. The van der Waals surface area contributed by atoms with Crippen LogP contribution in [0.3, 0.4) is 0 Å². The van der Waals surface area contributed by atoms with Gasteiger partial charge in [-0.2, -0.15) is 4.98 Å². The Kier molecular flexibility index (Phi) is 5.08. The maximum Gasteiger partial charge on any atom is 0.227 e. The average Bonchev–Trinajstić information content (AvgIpc) is 3.38. The van der Waals surface area contributed by atoms with Crippen LogP contribution in [0.5, 0.6) is 0 Å². The quantitative estimate of drug-likeness (QED) is 0.434. The van der Waals surface area contributed by atoms with Gasteiger partial charge in [-0.05, 0) is 46.3 Å². The van der Waals surface area contributed by atoms with Crippen LogP contribution < -0.4 is 0 Å². The number of para-hydroxylation sites is 1. The molecule has 2 aromatic heterocycles. The summed E-state index contributed by atoms with van der Waals surface area (Å²) in [5.41, 5.74) is 4.34. The molecule has 5 rings (SSSR count). The van der Waals surface area contributed by atoms with Gasteiger partial charge >= 0.3 is 0 Å². The Hall–Kier alpha value is -2.64. The van der Waals surface area contributed by atoms with Crippen LogP contribution in [-0.2, 0) is 24.2 Å². The van der Waals surface area contributed by atoms with E-state index in [0.717, 1.165) is 22.0 Å². The third-order valence-corrected chi connectivity index (χ3v) is 6.35. The summed E-state index contributed by atoms with van der Waals surface area (Å²) < 4.78 is 6.37. The van der Waals surface area contributed by atoms with Gasteiger partial charge in [-0.25, -0.2) is 0 Å². The smallest absolute Gasteiger partial charge is 0.227 e. The van der Waals surface area contributed by atoms with Gasteiger partial charge in [-0.15, -0.1) is 0 Å². The number of fused-ring (bicyclic) bond motifs is 3. The molecule has 0 fully saturated rings. The van der Waals surface area contributed by atoms with Crippen molar-refractivity contribution in [3.63, 3.8) is 0 Å². The summed E-state index contributed by atoms with van der Waals surface area (Å²) >= 11 is 9.51. The van der Waals surface area contributed by atoms with Crippen molar-refractivity contribution in [2.24, 2.45) is 0 Å². The van der Waals surface area contributed by atoms with Crippen molar-refractivity contribution < 1.29 is 9.32 Å². The van der Waals surface area contributed by atoms with Crippen molar-refractivity contribution in [2.75, 3.05) is 6.54 Å². The number of hydrogen-bond acceptors (Lipinski definition) is 4. The zero-order chi connectivity index (χ0) is 20.7. The number of carbonyl (C=O) groups is 1. The van der Waals surface area contributed by atoms with E-state index >= 15 is 0 Å². The van der Waals surface area contributed by atoms with Crippen LogP contribution in [0.1, 0.15) is 23.6 Å². The predicted octanol–water partition coefficient (Wildman–Crippen LogP) is 5.15. The Morgan fingerprint density at radius 2 is 2.07 bits per heavy atom. The molecule has 0 spiro atoms. The lowest BCUT2D eigenvalue weighted by molar-refractivity contribution is -0.132. The molecule has 0 atom stereocenters. The number of aromatic nitrogens is 3. The monoisotopic (exact) mass is 484 g/mol. The van der Waals surface area contributed by atoms with E-state index in [0.29, 0.717) is 42.7 Å². The molecule has 30 heavy (non-hydrogen) atoms. The lowest BCUT2D eigenvalue weighted by Crippen LogP contribution is -2.35. The van der Waals surface area contributed by atoms with Crippen LogP contribution in [0.2, 0.25) is 5.02 Å². The maximum absolute atomic E-state index is 12.8. The van der Waals surface area contributed by atoms with Gasteiger partial charge in [0.2, 0.25) is 17.6 Å². The lowest BCUT2D eigenvalue weighted by Gasteiger charge is -2.27. The number of aryl methyl sites for hydroxylation is 1. The molecule has 8 heteroatoms. The maximum atomic E-state index is 12.8. The van der Waals surface area contributed by atoms with Gasteiger partial charge in [0, 0.05) is 64.1 Å². The molecule has 1 amide bonds. The minimum absolute atomic E-state index is 0.0937. The summed E-state index contributed by atoms with van der Waals surface area (Å²) in [5, 5.41) is 5.83. The summed E-state index contributed by atoms with van der Waals surface area (Å²) in [7, 11) is 0. The van der Waals surface area contributed by atoms with Gasteiger partial charge in [0.15, 0.2) is 0 Å². The first-order valence-corrected chi connectivity index (χ1v) is 10.9. The molecular formula is C22H18BrClN4O2. The molecule has 0 saturated carbocycles. The van der Waals surface area contributed by atoms with E-state index in [1.54, 1.807) is 12.1 Å². The average molecular weight is 486 g/mol. The minimum Gasteiger partial charge on any atom is -0.357 e. The van der Waals surface area contributed by atoms with Gasteiger partial charge < -0.3 is 14.4 Å². The lowest BCUT2D eigenvalue weighted by atomic mass is 10.0. The molecule has 0 bridgehead atoms. The molecule has 1 aliphatic heterocycles. The first kappa shape index (κ1) is 19.3. The van der Waals surface area contributed by atoms with Gasteiger partial charge in [-0.1, -0.05) is 28.9 Å². The number of nitrogens with zero attached hydrogens (tertiary/aromatic N) is 3. The van der Waals surface area contributed by atoms with Crippen molar-refractivity contribution in [2.45, 2.75) is 25.8 Å². The van der Waals surface area contributed by atoms with E-state index in [2.05, 4.69) is 37.1 Å². The van der Waals surface area contributed by atoms with Crippen LogP contribution in [0.25, 0.3) is 22.3 Å². The SMILES string of the molecule is O=C(CCc1nc(-c2ccc(Cl)cc2)no1)N1CCc2[nH]c3c(Br)cccc3c2C1. The molecule has 0 aliphatic carbocycles. The number of aromatic amines is 1. The molecule has 0 unspecified atom stereocenters. The van der Waals surface area contributed by atoms with Crippen LogP contribution in [-0.4, -0.2) is 32.5 Å². The van der Waals surface area contributed by atoms with Gasteiger partial charge in [0.1, 0.15) is 0 Å². The molecule has 3 heterocycles. The highest BCUT2D eigenvalue weighted by atomic mass is 79.9. The van der Waals surface area contributed by atoms with Crippen molar-refractivity contribution in [3.05, 3.63) is 69.1 Å². The summed E-state index contributed by atoms with van der Waals surface area (Å²) in [4.78, 5) is 22.6. The number of amides is 1. The van der Waals surface area contributed by atoms with E-state index in [4.69, 9.17) is 16.1 Å². The normalized spacial score (nSPS) is 13.6. The van der Waals surface area contributed by atoms with Crippen molar-refractivity contribution in [3.8, 4) is 11.4 Å². The number of nitrogens with one attached hydrogen (secondary N) is 1. The molecule has 0 saturated heterocycles. The Morgan fingerprint density at radius 3 is 2.90 bits per heavy atom. The number of H-pyrrole nitrogens is 1. The van der Waals surface area contributed by atoms with E-state index in [1.165, 1.54) is 16.6 Å². The van der Waals surface area contributed by atoms with Crippen LogP contribution >= 0.6 is 27.5 Å². The second-order valence-corrected chi connectivity index (χ2v) is 8.62. The summed E-state index contributed by atoms with van der Waals surface area (Å²) in [6.45, 7) is 1.32. The first-order valence-electron chi connectivity index (χ1n) is 9.73. The standard InChI is InChI=1S/C22H18BrClN4O2/c23-17-3-1-2-15-16-12-28(11-10-18(16)25-21(15)17)20(29)9-8-19-26-22(27-30-19)13-4-6-14(24)7-5-13/h1-7,25H,8-12H2. The Labute approximate surface area is 186 Å². The van der Waals surface area contributed by atoms with E-state index in [9.17, 15) is 4.79 Å². The van der Waals surface area contributed by atoms with Gasteiger partial charge in [-0.3, -0.25) is 4.79 Å².